The number of halogens is 1. The van der Waals surface area contributed by atoms with Crippen LogP contribution in [0.5, 0.6) is 5.75 Å². The lowest BCUT2D eigenvalue weighted by atomic mass is 10.1. The van der Waals surface area contributed by atoms with Gasteiger partial charge in [-0.2, -0.15) is 0 Å². The molecule has 0 radical (unpaired) electrons. The van der Waals surface area contributed by atoms with Crippen molar-refractivity contribution in [3.8, 4) is 5.75 Å². The highest BCUT2D eigenvalue weighted by molar-refractivity contribution is 5.99. The van der Waals surface area contributed by atoms with Crippen LogP contribution < -0.4 is 4.74 Å². The first-order chi connectivity index (χ1) is 9.47. The molecule has 0 aliphatic rings. The first-order valence-electron chi connectivity index (χ1n) is 6.51. The minimum Gasteiger partial charge on any atom is -0.482 e. The average molecular weight is 272 g/mol. The van der Waals surface area contributed by atoms with Gasteiger partial charge >= 0.3 is 0 Å². The van der Waals surface area contributed by atoms with E-state index in [-0.39, 0.29) is 11.6 Å². The fraction of sp³-hybridized carbons (Fsp3) is 0.235. The zero-order valence-electron chi connectivity index (χ0n) is 11.8. The van der Waals surface area contributed by atoms with Crippen LogP contribution in [0.15, 0.2) is 42.5 Å². The summed E-state index contributed by atoms with van der Waals surface area (Å²) in [5.74, 6) is 0.174. The summed E-state index contributed by atoms with van der Waals surface area (Å²) in [5.41, 5.74) is 2.58. The molecule has 0 N–H and O–H groups in total. The fourth-order valence-corrected chi connectivity index (χ4v) is 2.02. The van der Waals surface area contributed by atoms with Gasteiger partial charge in [0.1, 0.15) is 11.6 Å². The number of rotatable bonds is 4. The molecule has 0 aliphatic carbocycles. The minimum atomic E-state index is -0.609. The van der Waals surface area contributed by atoms with E-state index in [0.717, 1.165) is 11.1 Å². The number of ketones is 1. The topological polar surface area (TPSA) is 26.3 Å². The average Bonchev–Trinajstić information content (AvgIpc) is 2.42. The molecule has 2 rings (SSSR count). The third-order valence-electron chi connectivity index (χ3n) is 3.13. The molecule has 0 saturated carbocycles. The van der Waals surface area contributed by atoms with Crippen molar-refractivity contribution in [2.45, 2.75) is 26.9 Å². The van der Waals surface area contributed by atoms with Gasteiger partial charge in [0, 0.05) is 5.56 Å². The van der Waals surface area contributed by atoms with Gasteiger partial charge in [-0.3, -0.25) is 4.79 Å². The Morgan fingerprint density at radius 2 is 1.75 bits per heavy atom. The Bertz CT molecular complexity index is 617. The maximum Gasteiger partial charge on any atom is 0.202 e. The second kappa shape index (κ2) is 5.87. The third kappa shape index (κ3) is 3.23. The lowest BCUT2D eigenvalue weighted by Gasteiger charge is -2.16. The number of aryl methyl sites for hydroxylation is 2. The van der Waals surface area contributed by atoms with Crippen molar-refractivity contribution in [1.29, 1.82) is 0 Å². The molecule has 2 nitrogen and oxygen atoms in total. The van der Waals surface area contributed by atoms with E-state index in [9.17, 15) is 9.18 Å². The van der Waals surface area contributed by atoms with E-state index in [1.165, 1.54) is 24.3 Å². The Morgan fingerprint density at radius 1 is 1.10 bits per heavy atom. The summed E-state index contributed by atoms with van der Waals surface area (Å²) in [6.07, 6.45) is -0.609. The van der Waals surface area contributed by atoms with Crippen LogP contribution in [-0.4, -0.2) is 11.9 Å². The molecule has 1 atom stereocenters. The standard InChI is InChI=1S/C17H17FO2/c1-11-4-9-16(12(2)10-11)20-13(3)17(19)14-5-7-15(18)8-6-14/h4-10,13H,1-3H3. The maximum absolute atomic E-state index is 12.8. The highest BCUT2D eigenvalue weighted by Crippen LogP contribution is 2.21. The van der Waals surface area contributed by atoms with Crippen LogP contribution >= 0.6 is 0 Å². The zero-order valence-corrected chi connectivity index (χ0v) is 11.8. The summed E-state index contributed by atoms with van der Waals surface area (Å²) in [4.78, 5) is 12.2. The molecule has 20 heavy (non-hydrogen) atoms. The first-order valence-corrected chi connectivity index (χ1v) is 6.51. The third-order valence-corrected chi connectivity index (χ3v) is 3.13. The SMILES string of the molecule is Cc1ccc(OC(C)C(=O)c2ccc(F)cc2)c(C)c1. The molecule has 0 amide bonds. The Morgan fingerprint density at radius 3 is 2.35 bits per heavy atom. The number of ether oxygens (including phenoxy) is 1. The van der Waals surface area contributed by atoms with Gasteiger partial charge in [0.05, 0.1) is 0 Å². The predicted molar refractivity (Wildman–Crippen MR) is 76.7 cm³/mol. The van der Waals surface area contributed by atoms with Gasteiger partial charge in [-0.1, -0.05) is 17.7 Å². The van der Waals surface area contributed by atoms with E-state index in [1.807, 2.05) is 32.0 Å². The molecule has 3 heteroatoms. The van der Waals surface area contributed by atoms with Crippen LogP contribution in [0.25, 0.3) is 0 Å². The van der Waals surface area contributed by atoms with Gasteiger partial charge in [0.25, 0.3) is 0 Å². The molecule has 0 aliphatic heterocycles. The predicted octanol–water partition coefficient (Wildman–Crippen LogP) is 4.09. The van der Waals surface area contributed by atoms with Gasteiger partial charge in [-0.05, 0) is 56.7 Å². The van der Waals surface area contributed by atoms with Gasteiger partial charge < -0.3 is 4.74 Å². The van der Waals surface area contributed by atoms with Gasteiger partial charge in [-0.15, -0.1) is 0 Å². The smallest absolute Gasteiger partial charge is 0.202 e. The Labute approximate surface area is 118 Å². The fourth-order valence-electron chi connectivity index (χ4n) is 2.02. The van der Waals surface area contributed by atoms with Gasteiger partial charge in [0.15, 0.2) is 6.10 Å². The van der Waals surface area contributed by atoms with Crippen LogP contribution in [0.3, 0.4) is 0 Å². The second-order valence-electron chi connectivity index (χ2n) is 4.90. The summed E-state index contributed by atoms with van der Waals surface area (Å²) in [7, 11) is 0. The van der Waals surface area contributed by atoms with Crippen LogP contribution in [0.2, 0.25) is 0 Å². The largest absolute Gasteiger partial charge is 0.482 e. The van der Waals surface area contributed by atoms with E-state index in [4.69, 9.17) is 4.74 Å². The molecule has 0 fully saturated rings. The normalized spacial score (nSPS) is 12.0. The minimum absolute atomic E-state index is 0.162. The zero-order chi connectivity index (χ0) is 14.7. The number of hydrogen-bond donors (Lipinski definition) is 0. The molecule has 0 spiro atoms. The molecular weight excluding hydrogens is 255 g/mol. The Hall–Kier alpha value is -2.16. The lowest BCUT2D eigenvalue weighted by Crippen LogP contribution is -2.24. The molecule has 0 saturated heterocycles. The monoisotopic (exact) mass is 272 g/mol. The molecule has 104 valence electrons. The maximum atomic E-state index is 12.8. The number of carbonyl (C=O) groups excluding carboxylic acids is 1. The summed E-state index contributed by atoms with van der Waals surface area (Å²) < 4.78 is 18.5. The summed E-state index contributed by atoms with van der Waals surface area (Å²) in [6, 6.07) is 11.3. The van der Waals surface area contributed by atoms with Crippen LogP contribution in [0, 0.1) is 19.7 Å². The second-order valence-corrected chi connectivity index (χ2v) is 4.90. The number of hydrogen-bond acceptors (Lipinski definition) is 2. The molecule has 2 aromatic carbocycles. The van der Waals surface area contributed by atoms with Crippen molar-refractivity contribution < 1.29 is 13.9 Å². The number of benzene rings is 2. The van der Waals surface area contributed by atoms with E-state index < -0.39 is 6.10 Å². The van der Waals surface area contributed by atoms with E-state index >= 15 is 0 Å². The molecule has 0 heterocycles. The lowest BCUT2D eigenvalue weighted by molar-refractivity contribution is 0.0817. The van der Waals surface area contributed by atoms with Crippen molar-refractivity contribution in [3.63, 3.8) is 0 Å². The molecular formula is C17H17FO2. The Balaban J connectivity index is 2.13. The molecule has 0 aromatic heterocycles. The molecule has 1 unspecified atom stereocenters. The van der Waals surface area contributed by atoms with Crippen molar-refractivity contribution in [2.75, 3.05) is 0 Å². The number of carbonyl (C=O) groups is 1. The van der Waals surface area contributed by atoms with Crippen molar-refractivity contribution >= 4 is 5.78 Å². The highest BCUT2D eigenvalue weighted by atomic mass is 19.1. The van der Waals surface area contributed by atoms with Crippen molar-refractivity contribution in [1.82, 2.24) is 0 Å². The van der Waals surface area contributed by atoms with Crippen LogP contribution in [0.1, 0.15) is 28.4 Å². The van der Waals surface area contributed by atoms with Crippen LogP contribution in [-0.2, 0) is 0 Å². The number of Topliss-reactive ketones (excluding diaryl/α,β-unsaturated/α-hetero) is 1. The van der Waals surface area contributed by atoms with Gasteiger partial charge in [0.2, 0.25) is 5.78 Å². The molecule has 2 aromatic rings. The van der Waals surface area contributed by atoms with E-state index in [0.29, 0.717) is 11.3 Å². The summed E-state index contributed by atoms with van der Waals surface area (Å²) in [6.45, 7) is 5.65. The molecule has 0 bridgehead atoms. The quantitative estimate of drug-likeness (QED) is 0.783. The van der Waals surface area contributed by atoms with E-state index in [2.05, 4.69) is 0 Å². The Kier molecular flexibility index (Phi) is 4.18. The van der Waals surface area contributed by atoms with Crippen molar-refractivity contribution in [2.24, 2.45) is 0 Å². The highest BCUT2D eigenvalue weighted by Gasteiger charge is 2.17. The summed E-state index contributed by atoms with van der Waals surface area (Å²) in [5, 5.41) is 0. The van der Waals surface area contributed by atoms with Crippen molar-refractivity contribution in [3.05, 3.63) is 65.0 Å². The van der Waals surface area contributed by atoms with Gasteiger partial charge in [-0.25, -0.2) is 4.39 Å². The summed E-state index contributed by atoms with van der Waals surface area (Å²) >= 11 is 0. The van der Waals surface area contributed by atoms with Crippen LogP contribution in [0.4, 0.5) is 4.39 Å². The van der Waals surface area contributed by atoms with E-state index in [1.54, 1.807) is 6.92 Å². The first kappa shape index (κ1) is 14.3.